The number of fused-ring (bicyclic) bond motifs is 1. The first-order chi connectivity index (χ1) is 15.3. The molecule has 1 aromatic heterocycles. The summed E-state index contributed by atoms with van der Waals surface area (Å²) in [5.41, 5.74) is 3.88. The Hall–Kier alpha value is -2.92. The molecule has 5 rings (SSSR count). The molecule has 3 aliphatic heterocycles. The molecule has 2 fully saturated rings. The van der Waals surface area contributed by atoms with E-state index in [1.807, 2.05) is 5.01 Å². The van der Waals surface area contributed by atoms with Crippen molar-refractivity contribution in [2.24, 2.45) is 5.92 Å². The first-order valence-electron chi connectivity index (χ1n) is 10.6. The molecule has 32 heavy (non-hydrogen) atoms. The van der Waals surface area contributed by atoms with Crippen molar-refractivity contribution in [1.29, 1.82) is 0 Å². The molecule has 2 saturated heterocycles. The smallest absolute Gasteiger partial charge is 0.338 e. The number of hydrogen-bond donors (Lipinski definition) is 3. The molecule has 11 heteroatoms. The van der Waals surface area contributed by atoms with E-state index in [-0.39, 0.29) is 40.6 Å². The maximum absolute atomic E-state index is 13.3. The van der Waals surface area contributed by atoms with E-state index in [2.05, 4.69) is 26.2 Å². The number of benzene rings is 1. The van der Waals surface area contributed by atoms with Gasteiger partial charge < -0.3 is 15.2 Å². The van der Waals surface area contributed by atoms with E-state index in [4.69, 9.17) is 4.52 Å². The van der Waals surface area contributed by atoms with Gasteiger partial charge in [0.1, 0.15) is 6.17 Å². The van der Waals surface area contributed by atoms with Gasteiger partial charge in [0.2, 0.25) is 17.6 Å². The highest BCUT2D eigenvalue weighted by Gasteiger charge is 2.44. The van der Waals surface area contributed by atoms with E-state index >= 15 is 0 Å². The Morgan fingerprint density at radius 1 is 1.22 bits per heavy atom. The second-order valence-electron chi connectivity index (χ2n) is 8.37. The number of allylic oxidation sites excluding steroid dienone is 1. The Labute approximate surface area is 182 Å². The fourth-order valence-corrected chi connectivity index (χ4v) is 4.62. The molecule has 3 aliphatic rings. The SMILES string of the molecule is Cc1ccc(-c2noc(C3CNN4C(C5CCNCC5)=CC(=O)NC34)n2)cc1C(F)(F)F. The third-order valence-corrected chi connectivity index (χ3v) is 6.31. The predicted octanol–water partition coefficient (Wildman–Crippen LogP) is 2.31. The summed E-state index contributed by atoms with van der Waals surface area (Å²) < 4.78 is 45.3. The van der Waals surface area contributed by atoms with Gasteiger partial charge in [0.15, 0.2) is 0 Å². The molecule has 8 nitrogen and oxygen atoms in total. The molecule has 0 radical (unpaired) electrons. The maximum Gasteiger partial charge on any atom is 0.416 e. The number of amides is 1. The number of nitrogens with zero attached hydrogens (tertiary/aromatic N) is 3. The Kier molecular flexibility index (Phi) is 5.17. The van der Waals surface area contributed by atoms with Gasteiger partial charge in [0.05, 0.1) is 11.5 Å². The monoisotopic (exact) mass is 448 g/mol. The Morgan fingerprint density at radius 2 is 2.00 bits per heavy atom. The van der Waals surface area contributed by atoms with Crippen LogP contribution in [0.25, 0.3) is 11.4 Å². The topological polar surface area (TPSA) is 95.3 Å². The van der Waals surface area contributed by atoms with Gasteiger partial charge in [-0.2, -0.15) is 18.2 Å². The van der Waals surface area contributed by atoms with E-state index in [0.717, 1.165) is 37.7 Å². The van der Waals surface area contributed by atoms with E-state index in [9.17, 15) is 18.0 Å². The number of carbonyl (C=O) groups excluding carboxylic acids is 1. The second kappa shape index (κ2) is 7.89. The molecule has 4 heterocycles. The number of alkyl halides is 3. The number of halogens is 3. The molecule has 1 amide bonds. The van der Waals surface area contributed by atoms with Crippen LogP contribution in [0.3, 0.4) is 0 Å². The van der Waals surface area contributed by atoms with Gasteiger partial charge in [-0.15, -0.1) is 0 Å². The zero-order valence-corrected chi connectivity index (χ0v) is 17.4. The van der Waals surface area contributed by atoms with Crippen LogP contribution in [0.2, 0.25) is 0 Å². The lowest BCUT2D eigenvalue weighted by atomic mass is 9.92. The van der Waals surface area contributed by atoms with E-state index in [1.54, 1.807) is 12.1 Å². The van der Waals surface area contributed by atoms with Crippen LogP contribution in [-0.4, -0.2) is 46.9 Å². The minimum atomic E-state index is -4.47. The van der Waals surface area contributed by atoms with Crippen molar-refractivity contribution in [1.82, 2.24) is 31.2 Å². The first-order valence-corrected chi connectivity index (χ1v) is 10.6. The van der Waals surface area contributed by atoms with Gasteiger partial charge in [0, 0.05) is 29.8 Å². The van der Waals surface area contributed by atoms with E-state index in [1.165, 1.54) is 13.0 Å². The number of nitrogens with one attached hydrogen (secondary N) is 3. The minimum Gasteiger partial charge on any atom is -0.338 e. The van der Waals surface area contributed by atoms with Crippen molar-refractivity contribution >= 4 is 5.91 Å². The summed E-state index contributed by atoms with van der Waals surface area (Å²) >= 11 is 0. The van der Waals surface area contributed by atoms with Crippen molar-refractivity contribution in [2.75, 3.05) is 19.6 Å². The number of aryl methyl sites for hydroxylation is 1. The van der Waals surface area contributed by atoms with Crippen LogP contribution in [-0.2, 0) is 11.0 Å². The first kappa shape index (κ1) is 21.0. The zero-order valence-electron chi connectivity index (χ0n) is 17.4. The summed E-state index contributed by atoms with van der Waals surface area (Å²) in [7, 11) is 0. The standard InChI is InChI=1S/C21H23F3N6O2/c1-11-2-3-13(8-15(11)21(22,23)24)18-28-20(32-29-18)14-10-26-30-16(9-17(31)27-19(14)30)12-4-6-25-7-5-12/h2-3,8-9,12,14,19,25-26H,4-7,10H2,1H3,(H,27,31). The molecule has 1 aromatic carbocycles. The summed E-state index contributed by atoms with van der Waals surface area (Å²) in [5.74, 6) is 0.101. The van der Waals surface area contributed by atoms with Gasteiger partial charge in [0.25, 0.3) is 0 Å². The number of piperidine rings is 1. The van der Waals surface area contributed by atoms with Gasteiger partial charge in [-0.1, -0.05) is 17.3 Å². The quantitative estimate of drug-likeness (QED) is 0.663. The largest absolute Gasteiger partial charge is 0.416 e. The van der Waals surface area contributed by atoms with Gasteiger partial charge in [-0.3, -0.25) is 9.80 Å². The molecule has 0 spiro atoms. The highest BCUT2D eigenvalue weighted by atomic mass is 19.4. The molecule has 2 aromatic rings. The van der Waals surface area contributed by atoms with E-state index in [0.29, 0.717) is 6.54 Å². The van der Waals surface area contributed by atoms with Crippen molar-refractivity contribution in [2.45, 2.75) is 38.0 Å². The summed E-state index contributed by atoms with van der Waals surface area (Å²) in [6.45, 7) is 3.66. The van der Waals surface area contributed by atoms with Crippen LogP contribution < -0.4 is 16.1 Å². The Bertz CT molecular complexity index is 1060. The summed E-state index contributed by atoms with van der Waals surface area (Å²) in [5, 5.41) is 12.1. The van der Waals surface area contributed by atoms with Gasteiger partial charge in [-0.05, 0) is 44.5 Å². The predicted molar refractivity (Wildman–Crippen MR) is 108 cm³/mol. The van der Waals surface area contributed by atoms with Crippen molar-refractivity contribution < 1.29 is 22.5 Å². The van der Waals surface area contributed by atoms with Crippen LogP contribution in [0.5, 0.6) is 0 Å². The average molecular weight is 448 g/mol. The highest BCUT2D eigenvalue weighted by molar-refractivity contribution is 5.89. The van der Waals surface area contributed by atoms with Crippen LogP contribution in [0.4, 0.5) is 13.2 Å². The lowest BCUT2D eigenvalue weighted by Crippen LogP contribution is -2.53. The number of hydrazine groups is 1. The fraction of sp³-hybridized carbons (Fsp3) is 0.476. The summed E-state index contributed by atoms with van der Waals surface area (Å²) in [6.07, 6.45) is -1.37. The van der Waals surface area contributed by atoms with Crippen LogP contribution >= 0.6 is 0 Å². The lowest BCUT2D eigenvalue weighted by Gasteiger charge is -2.38. The normalized spacial score (nSPS) is 24.3. The van der Waals surface area contributed by atoms with Crippen molar-refractivity contribution in [3.8, 4) is 11.4 Å². The molecule has 0 saturated carbocycles. The minimum absolute atomic E-state index is 0.0835. The molecule has 3 N–H and O–H groups in total. The molecule has 0 aliphatic carbocycles. The molecule has 2 atom stereocenters. The zero-order chi connectivity index (χ0) is 22.5. The number of aromatic nitrogens is 2. The summed E-state index contributed by atoms with van der Waals surface area (Å²) in [4.78, 5) is 16.8. The van der Waals surface area contributed by atoms with Crippen molar-refractivity contribution in [3.05, 3.63) is 47.0 Å². The molecular weight excluding hydrogens is 425 g/mol. The van der Waals surface area contributed by atoms with Gasteiger partial charge >= 0.3 is 6.18 Å². The third-order valence-electron chi connectivity index (χ3n) is 6.31. The number of carbonyl (C=O) groups is 1. The van der Waals surface area contributed by atoms with Gasteiger partial charge in [-0.25, -0.2) is 5.43 Å². The van der Waals surface area contributed by atoms with Crippen molar-refractivity contribution in [3.63, 3.8) is 0 Å². The molecular formula is C21H23F3N6O2. The van der Waals surface area contributed by atoms with E-state index < -0.39 is 17.9 Å². The van der Waals surface area contributed by atoms with Crippen LogP contribution in [0, 0.1) is 12.8 Å². The average Bonchev–Trinajstić information content (AvgIpc) is 3.40. The third kappa shape index (κ3) is 3.75. The maximum atomic E-state index is 13.3. The summed E-state index contributed by atoms with van der Waals surface area (Å²) in [6, 6.07) is 3.97. The Balaban J connectivity index is 1.40. The molecule has 170 valence electrons. The van der Waals surface area contributed by atoms with Crippen LogP contribution in [0.15, 0.2) is 34.5 Å². The Morgan fingerprint density at radius 3 is 2.75 bits per heavy atom. The number of hydrogen-bond acceptors (Lipinski definition) is 7. The molecule has 2 unspecified atom stereocenters. The second-order valence-corrected chi connectivity index (χ2v) is 8.37. The fourth-order valence-electron chi connectivity index (χ4n) is 4.62. The van der Waals surface area contributed by atoms with Crippen LogP contribution in [0.1, 0.15) is 35.8 Å². The lowest BCUT2D eigenvalue weighted by molar-refractivity contribution is -0.138. The molecule has 0 bridgehead atoms. The number of rotatable bonds is 3. The highest BCUT2D eigenvalue weighted by Crippen LogP contribution is 2.36.